The van der Waals surface area contributed by atoms with Gasteiger partial charge in [0.2, 0.25) is 0 Å². The molecule has 0 N–H and O–H groups in total. The van der Waals surface area contributed by atoms with Crippen molar-refractivity contribution in [2.24, 2.45) is 35.5 Å². The Labute approximate surface area is 782 Å². The zero-order valence-electron chi connectivity index (χ0n) is 80.2. The van der Waals surface area contributed by atoms with Crippen LogP contribution in [0.25, 0.3) is 108 Å². The first-order chi connectivity index (χ1) is 64.4. The van der Waals surface area contributed by atoms with Crippen molar-refractivity contribution in [1.29, 1.82) is 0 Å². The summed E-state index contributed by atoms with van der Waals surface area (Å²) in [7, 11) is 0. The lowest BCUT2D eigenvalue weighted by atomic mass is 9.87. The molecule has 672 valence electrons. The number of ether oxygens (including phenoxy) is 6. The smallest absolute Gasteiger partial charge is 0.136 e. The second-order valence-electron chi connectivity index (χ2n) is 36.8. The Morgan fingerprint density at radius 2 is 0.405 bits per heavy atom. The van der Waals surface area contributed by atoms with Gasteiger partial charge < -0.3 is 28.4 Å². The highest BCUT2D eigenvalue weighted by Gasteiger charge is 2.25. The lowest BCUT2D eigenvalue weighted by molar-refractivity contribution is 0.227. The minimum atomic E-state index is 0.378. The molecule has 0 fully saturated rings. The van der Waals surface area contributed by atoms with E-state index in [1.54, 1.807) is 0 Å². The Bertz CT molecular complexity index is 6520. The molecule has 0 aliphatic heterocycles. The predicted molar refractivity (Wildman–Crippen MR) is 558 cm³/mol. The van der Waals surface area contributed by atoms with E-state index in [0.717, 1.165) is 227 Å². The lowest BCUT2D eigenvalue weighted by Crippen LogP contribution is -2.13. The minimum Gasteiger partial charge on any atom is -0.493 e. The monoisotopic (exact) mass is 1730 g/mol. The number of hydrogen-bond donors (Lipinski definition) is 0. The summed E-state index contributed by atoms with van der Waals surface area (Å²) in [5, 5.41) is 18.7. The third-order valence-corrected chi connectivity index (χ3v) is 27.9. The van der Waals surface area contributed by atoms with Crippen molar-refractivity contribution in [2.75, 3.05) is 39.6 Å². The van der Waals surface area contributed by atoms with E-state index in [-0.39, 0.29) is 0 Å². The summed E-state index contributed by atoms with van der Waals surface area (Å²) in [5.74, 6) is 37.3. The molecule has 15 rings (SSSR count). The van der Waals surface area contributed by atoms with Crippen LogP contribution >= 0.6 is 0 Å². The van der Waals surface area contributed by atoms with Crippen molar-refractivity contribution < 1.29 is 28.4 Å². The van der Waals surface area contributed by atoms with E-state index in [9.17, 15) is 0 Å². The van der Waals surface area contributed by atoms with Gasteiger partial charge in [-0.2, -0.15) is 0 Å². The summed E-state index contributed by atoms with van der Waals surface area (Å²) in [6.45, 7) is 31.0. The number of unbranched alkanes of at least 4 members (excludes halogenated alkanes) is 5. The normalized spacial score (nSPS) is 12.9. The molecule has 15 aromatic carbocycles. The first-order valence-corrected chi connectivity index (χ1v) is 50.2. The SMILES string of the molecule is CCCCC(CC)COc1cc(C#Cc2ccc3c4ccc(C#Cc5cc(OCC(CC)CCCC)c(-c6ccccc6)cc5OCC(CC)CCCC)c5cccc(c6cccc2c63)c54)c(OCC(CC)CCCC)cc1C#Cc1ccc2c3ccc(C#Cc4cc(OCC(CC)CCCC)c(-c5ccccc5)cc4OCC(CC)CCC)c4cccc(c5cccc1c52)c43. The van der Waals surface area contributed by atoms with Crippen LogP contribution in [0, 0.1) is 82.9 Å². The Morgan fingerprint density at radius 3 is 0.649 bits per heavy atom. The first-order valence-electron chi connectivity index (χ1n) is 50.2. The highest BCUT2D eigenvalue weighted by Crippen LogP contribution is 2.47. The van der Waals surface area contributed by atoms with Gasteiger partial charge in [-0.1, -0.05) is 397 Å². The molecule has 6 heteroatoms. The topological polar surface area (TPSA) is 55.4 Å². The van der Waals surface area contributed by atoms with Crippen LogP contribution in [0.5, 0.6) is 34.5 Å². The van der Waals surface area contributed by atoms with E-state index in [2.05, 4.69) is 349 Å². The number of benzene rings is 15. The van der Waals surface area contributed by atoms with Crippen LogP contribution in [0.4, 0.5) is 0 Å². The number of rotatable bonds is 43. The highest BCUT2D eigenvalue weighted by atomic mass is 16.5. The third-order valence-electron chi connectivity index (χ3n) is 27.9. The molecule has 6 unspecified atom stereocenters. The summed E-state index contributed by atoms with van der Waals surface area (Å²) >= 11 is 0. The van der Waals surface area contributed by atoms with Gasteiger partial charge in [-0.25, -0.2) is 0 Å². The Hall–Kier alpha value is -12.1. The molecule has 0 radical (unpaired) electrons. The van der Waals surface area contributed by atoms with Crippen LogP contribution < -0.4 is 28.4 Å². The highest BCUT2D eigenvalue weighted by molar-refractivity contribution is 6.35. The fourth-order valence-corrected chi connectivity index (χ4v) is 19.4. The summed E-state index contributed by atoms with van der Waals surface area (Å²) < 4.78 is 42.0. The zero-order chi connectivity index (χ0) is 91.0. The van der Waals surface area contributed by atoms with Gasteiger partial charge >= 0.3 is 0 Å². The van der Waals surface area contributed by atoms with Gasteiger partial charge in [0.1, 0.15) is 34.5 Å². The Morgan fingerprint density at radius 1 is 0.191 bits per heavy atom. The fraction of sp³-hybridized carbons (Fsp3) is 0.376. The zero-order valence-corrected chi connectivity index (χ0v) is 80.2. The molecule has 0 aliphatic carbocycles. The van der Waals surface area contributed by atoms with Crippen molar-refractivity contribution >= 4 is 86.2 Å². The minimum absolute atomic E-state index is 0.378. The van der Waals surface area contributed by atoms with Crippen molar-refractivity contribution in [1.82, 2.24) is 0 Å². The summed E-state index contributed by atoms with van der Waals surface area (Å²) in [5.41, 5.74) is 11.3. The van der Waals surface area contributed by atoms with E-state index in [0.29, 0.717) is 86.6 Å². The first kappa shape index (κ1) is 93.6. The molecule has 6 atom stereocenters. The second-order valence-corrected chi connectivity index (χ2v) is 36.8. The second kappa shape index (κ2) is 46.2. The van der Waals surface area contributed by atoms with Crippen LogP contribution in [0.1, 0.15) is 275 Å². The average molecular weight is 1730 g/mol. The van der Waals surface area contributed by atoms with E-state index in [4.69, 9.17) is 28.4 Å². The Balaban J connectivity index is 0.802. The van der Waals surface area contributed by atoms with E-state index in [1.165, 1.54) is 96.7 Å². The van der Waals surface area contributed by atoms with E-state index < -0.39 is 0 Å². The van der Waals surface area contributed by atoms with Crippen molar-refractivity contribution in [3.05, 3.63) is 263 Å². The molecule has 0 aromatic heterocycles. The van der Waals surface area contributed by atoms with Gasteiger partial charge in [-0.3, -0.25) is 0 Å². The molecule has 0 saturated carbocycles. The van der Waals surface area contributed by atoms with Gasteiger partial charge in [0, 0.05) is 57.6 Å². The molecule has 0 bridgehead atoms. The maximum absolute atomic E-state index is 7.15. The average Bonchev–Trinajstić information content (AvgIpc) is 0.718. The molecular formula is C125H136O6. The van der Waals surface area contributed by atoms with Gasteiger partial charge in [0.05, 0.1) is 61.9 Å². The van der Waals surface area contributed by atoms with Crippen molar-refractivity contribution in [3.8, 4) is 104 Å². The van der Waals surface area contributed by atoms with Crippen LogP contribution in [0.15, 0.2) is 218 Å². The molecule has 0 heterocycles. The van der Waals surface area contributed by atoms with Gasteiger partial charge in [-0.05, 0) is 208 Å². The maximum Gasteiger partial charge on any atom is 0.136 e. The number of hydrogen-bond acceptors (Lipinski definition) is 6. The van der Waals surface area contributed by atoms with E-state index in [1.807, 2.05) is 0 Å². The Kier molecular flexibility index (Phi) is 33.0. The molecule has 0 amide bonds. The summed E-state index contributed by atoms with van der Waals surface area (Å²) in [4.78, 5) is 0. The molecule has 6 nitrogen and oxygen atoms in total. The maximum atomic E-state index is 7.15. The molecule has 15 aromatic rings. The fourth-order valence-electron chi connectivity index (χ4n) is 19.4. The van der Waals surface area contributed by atoms with Crippen molar-refractivity contribution in [2.45, 2.75) is 231 Å². The molecule has 0 aliphatic rings. The standard InChI is InChI=1S/C125H136O6/c1-13-25-41-87(20-8)81-126-116-75-99(63-59-95-67-71-111-113-73-69-97(105-53-39-57-109(125(105)113)107-55-37-51-103(95)123(107)111)61-65-101-77-121(131-85-91(24-12)45-29-17-5)115(93-48-34-31-35-49-93)79-119(101)129-83-89(22-10)43-27-15-3)117(127-82-88(21-9)42-26-14-2)74-98(116)62-58-94-66-70-110-112-72-68-96(104-52-38-56-108(124(104)112)106-54-36-50-102(94)122(106)110)60-64-100-76-120(130-84-90(23-11)44-28-16-4)114(92-46-32-30-33-47-92)78-118(100)128-80-86(19-7)40-18-6/h30-39,46-57,66-79,86-91H,13-29,40-45,80-85H2,1-12H3. The van der Waals surface area contributed by atoms with Crippen LogP contribution in [0.3, 0.4) is 0 Å². The van der Waals surface area contributed by atoms with Crippen molar-refractivity contribution in [3.63, 3.8) is 0 Å². The summed E-state index contributed by atoms with van der Waals surface area (Å²) in [6.07, 6.45) is 25.7. The van der Waals surface area contributed by atoms with Gasteiger partial charge in [0.25, 0.3) is 0 Å². The van der Waals surface area contributed by atoms with Crippen LogP contribution in [-0.4, -0.2) is 39.6 Å². The predicted octanol–water partition coefficient (Wildman–Crippen LogP) is 33.9. The quantitative estimate of drug-likeness (QED) is 0.0216. The molecular weight excluding hydrogens is 1600 g/mol. The molecule has 0 spiro atoms. The molecule has 0 saturated heterocycles. The van der Waals surface area contributed by atoms with E-state index >= 15 is 0 Å². The third kappa shape index (κ3) is 21.9. The lowest BCUT2D eigenvalue weighted by Gasteiger charge is -2.21. The van der Waals surface area contributed by atoms with Gasteiger partial charge in [0.15, 0.2) is 0 Å². The summed E-state index contributed by atoms with van der Waals surface area (Å²) in [6, 6.07) is 79.1. The van der Waals surface area contributed by atoms with Crippen LogP contribution in [0.2, 0.25) is 0 Å². The van der Waals surface area contributed by atoms with Gasteiger partial charge in [-0.15, -0.1) is 0 Å². The number of fused-ring (bicyclic) bond motifs is 4. The largest absolute Gasteiger partial charge is 0.493 e. The van der Waals surface area contributed by atoms with Crippen LogP contribution in [-0.2, 0) is 0 Å². The molecule has 131 heavy (non-hydrogen) atoms.